The first kappa shape index (κ1) is 14.7. The van der Waals surface area contributed by atoms with Gasteiger partial charge in [0.2, 0.25) is 0 Å². The van der Waals surface area contributed by atoms with Gasteiger partial charge in [-0.15, -0.1) is 0 Å². The number of nitrogens with zero attached hydrogens (tertiary/aromatic N) is 2. The first-order valence-electron chi connectivity index (χ1n) is 6.75. The zero-order chi connectivity index (χ0) is 15.7. The maximum absolute atomic E-state index is 13.0. The minimum absolute atomic E-state index is 0.245. The lowest BCUT2D eigenvalue weighted by Crippen LogP contribution is -2.00. The molecule has 0 bridgehead atoms. The topological polar surface area (TPSA) is 17.8 Å². The average Bonchev–Trinajstić information content (AvgIpc) is 2.94. The highest BCUT2D eigenvalue weighted by Crippen LogP contribution is 2.29. The molecule has 0 spiro atoms. The van der Waals surface area contributed by atoms with Crippen LogP contribution in [0.5, 0.6) is 0 Å². The lowest BCUT2D eigenvalue weighted by atomic mass is 10.1. The predicted octanol–water partition coefficient (Wildman–Crippen LogP) is 5.44. The van der Waals surface area contributed by atoms with Crippen LogP contribution < -0.4 is 0 Å². The summed E-state index contributed by atoms with van der Waals surface area (Å²) in [6, 6.07) is 16.0. The molecule has 22 heavy (non-hydrogen) atoms. The van der Waals surface area contributed by atoms with Crippen LogP contribution in [-0.2, 0) is 0 Å². The second-order valence-corrected chi connectivity index (χ2v) is 5.45. The van der Waals surface area contributed by atoms with E-state index in [1.165, 1.54) is 10.7 Å². The Morgan fingerprint density at radius 3 is 2.23 bits per heavy atom. The molecule has 1 aromatic heterocycles. The van der Waals surface area contributed by atoms with E-state index in [4.69, 9.17) is 11.6 Å². The fourth-order valence-corrected chi connectivity index (χ4v) is 2.34. The third-order valence-corrected chi connectivity index (χ3v) is 3.62. The molecular weight excluding hydrogens is 306 g/mol. The van der Waals surface area contributed by atoms with E-state index in [0.29, 0.717) is 10.7 Å². The summed E-state index contributed by atoms with van der Waals surface area (Å²) in [4.78, 5) is 0. The molecule has 0 fully saturated rings. The first-order valence-corrected chi connectivity index (χ1v) is 7.13. The van der Waals surface area contributed by atoms with Gasteiger partial charge in [-0.25, -0.2) is 13.5 Å². The highest BCUT2D eigenvalue weighted by atomic mass is 35.5. The van der Waals surface area contributed by atoms with E-state index in [2.05, 4.69) is 5.10 Å². The molecule has 2 aromatic carbocycles. The van der Waals surface area contributed by atoms with Gasteiger partial charge in [0.25, 0.3) is 6.43 Å². The van der Waals surface area contributed by atoms with Crippen molar-refractivity contribution >= 4 is 11.6 Å². The molecule has 0 aliphatic heterocycles. The second-order valence-electron chi connectivity index (χ2n) is 5.01. The van der Waals surface area contributed by atoms with Crippen LogP contribution in [0.3, 0.4) is 0 Å². The Kier molecular flexibility index (Phi) is 3.94. The number of aromatic nitrogens is 2. The van der Waals surface area contributed by atoms with Crippen LogP contribution >= 0.6 is 11.6 Å². The molecule has 0 N–H and O–H groups in total. The van der Waals surface area contributed by atoms with Gasteiger partial charge in [-0.1, -0.05) is 41.4 Å². The standard InChI is InChI=1S/C17H13ClF2N2/c1-11-2-8-14(9-3-11)22-16(10-15(21-22)17(19)20)12-4-6-13(18)7-5-12/h2-10,17H,1H3. The number of alkyl halides is 2. The summed E-state index contributed by atoms with van der Waals surface area (Å²) >= 11 is 5.89. The molecule has 3 rings (SSSR count). The smallest absolute Gasteiger partial charge is 0.233 e. The third-order valence-electron chi connectivity index (χ3n) is 3.37. The van der Waals surface area contributed by atoms with Gasteiger partial charge in [0.1, 0.15) is 5.69 Å². The van der Waals surface area contributed by atoms with Crippen LogP contribution in [0, 0.1) is 6.92 Å². The quantitative estimate of drug-likeness (QED) is 0.629. The van der Waals surface area contributed by atoms with Crippen molar-refractivity contribution in [2.75, 3.05) is 0 Å². The Labute approximate surface area is 132 Å². The van der Waals surface area contributed by atoms with Crippen molar-refractivity contribution < 1.29 is 8.78 Å². The van der Waals surface area contributed by atoms with Crippen molar-refractivity contribution in [1.29, 1.82) is 0 Å². The van der Waals surface area contributed by atoms with Crippen molar-refractivity contribution in [3.05, 3.63) is 70.9 Å². The molecular formula is C17H13ClF2N2. The van der Waals surface area contributed by atoms with Gasteiger partial charge in [0.15, 0.2) is 0 Å². The minimum Gasteiger partial charge on any atom is -0.233 e. The average molecular weight is 319 g/mol. The van der Waals surface area contributed by atoms with Gasteiger partial charge in [-0.05, 0) is 37.3 Å². The summed E-state index contributed by atoms with van der Waals surface area (Å²) in [5.74, 6) is 0. The molecule has 0 amide bonds. The lowest BCUT2D eigenvalue weighted by molar-refractivity contribution is 0.145. The van der Waals surface area contributed by atoms with E-state index >= 15 is 0 Å². The Balaban J connectivity index is 2.15. The molecule has 2 nitrogen and oxygen atoms in total. The van der Waals surface area contributed by atoms with Crippen molar-refractivity contribution in [3.8, 4) is 16.9 Å². The third kappa shape index (κ3) is 2.88. The van der Waals surface area contributed by atoms with Crippen molar-refractivity contribution in [3.63, 3.8) is 0 Å². The van der Waals surface area contributed by atoms with Gasteiger partial charge < -0.3 is 0 Å². The van der Waals surface area contributed by atoms with Crippen molar-refractivity contribution in [2.24, 2.45) is 0 Å². The monoisotopic (exact) mass is 318 g/mol. The van der Waals surface area contributed by atoms with Gasteiger partial charge in [-0.2, -0.15) is 5.10 Å². The van der Waals surface area contributed by atoms with E-state index in [1.807, 2.05) is 31.2 Å². The summed E-state index contributed by atoms with van der Waals surface area (Å²) in [5.41, 5.74) is 2.98. The zero-order valence-electron chi connectivity index (χ0n) is 11.8. The Hall–Kier alpha value is -2.20. The number of halogens is 3. The summed E-state index contributed by atoms with van der Waals surface area (Å²) in [5, 5.41) is 4.64. The van der Waals surface area contributed by atoms with Crippen LogP contribution in [0.1, 0.15) is 17.7 Å². The molecule has 1 heterocycles. The molecule has 0 radical (unpaired) electrons. The summed E-state index contributed by atoms with van der Waals surface area (Å²) < 4.78 is 27.6. The normalized spacial score (nSPS) is 11.1. The number of benzene rings is 2. The van der Waals surface area contributed by atoms with Gasteiger partial charge in [0, 0.05) is 10.6 Å². The molecule has 5 heteroatoms. The molecule has 0 saturated carbocycles. The van der Waals surface area contributed by atoms with E-state index < -0.39 is 6.43 Å². The van der Waals surface area contributed by atoms with E-state index in [9.17, 15) is 8.78 Å². The Bertz CT molecular complexity index is 714. The molecule has 0 saturated heterocycles. The minimum atomic E-state index is -2.61. The van der Waals surface area contributed by atoms with Crippen LogP contribution in [0.25, 0.3) is 16.9 Å². The fourth-order valence-electron chi connectivity index (χ4n) is 2.22. The maximum atomic E-state index is 13.0. The highest BCUT2D eigenvalue weighted by molar-refractivity contribution is 6.30. The van der Waals surface area contributed by atoms with Gasteiger partial charge in [-0.3, -0.25) is 0 Å². The Morgan fingerprint density at radius 2 is 1.64 bits per heavy atom. The number of hydrogen-bond donors (Lipinski definition) is 0. The number of aryl methyl sites for hydroxylation is 1. The molecule has 0 unspecified atom stereocenters. The van der Waals surface area contributed by atoms with Crippen molar-refractivity contribution in [2.45, 2.75) is 13.3 Å². The Morgan fingerprint density at radius 1 is 1.00 bits per heavy atom. The van der Waals surface area contributed by atoms with Crippen LogP contribution in [0.4, 0.5) is 8.78 Å². The summed E-state index contributed by atoms with van der Waals surface area (Å²) in [7, 11) is 0. The van der Waals surface area contributed by atoms with Crippen LogP contribution in [-0.4, -0.2) is 9.78 Å². The maximum Gasteiger partial charge on any atom is 0.282 e. The van der Waals surface area contributed by atoms with E-state index in [1.54, 1.807) is 24.3 Å². The summed E-state index contributed by atoms with van der Waals surface area (Å²) in [6.07, 6.45) is -2.61. The predicted molar refractivity (Wildman–Crippen MR) is 83.7 cm³/mol. The second kappa shape index (κ2) is 5.89. The fraction of sp³-hybridized carbons (Fsp3) is 0.118. The van der Waals surface area contributed by atoms with E-state index in [-0.39, 0.29) is 5.69 Å². The highest BCUT2D eigenvalue weighted by Gasteiger charge is 2.17. The SMILES string of the molecule is Cc1ccc(-n2nc(C(F)F)cc2-c2ccc(Cl)cc2)cc1. The molecule has 112 valence electrons. The number of rotatable bonds is 3. The van der Waals surface area contributed by atoms with Gasteiger partial charge >= 0.3 is 0 Å². The van der Waals surface area contributed by atoms with Crippen LogP contribution in [0.15, 0.2) is 54.6 Å². The van der Waals surface area contributed by atoms with Crippen molar-refractivity contribution in [1.82, 2.24) is 9.78 Å². The summed E-state index contributed by atoms with van der Waals surface area (Å²) in [6.45, 7) is 1.97. The molecule has 0 aliphatic carbocycles. The van der Waals surface area contributed by atoms with Gasteiger partial charge in [0.05, 0.1) is 11.4 Å². The zero-order valence-corrected chi connectivity index (χ0v) is 12.6. The van der Waals surface area contributed by atoms with E-state index in [0.717, 1.165) is 16.8 Å². The van der Waals surface area contributed by atoms with Crippen LogP contribution in [0.2, 0.25) is 5.02 Å². The molecule has 0 atom stereocenters. The lowest BCUT2D eigenvalue weighted by Gasteiger charge is -2.08. The largest absolute Gasteiger partial charge is 0.282 e. The molecule has 0 aliphatic rings. The molecule has 3 aromatic rings. The number of hydrogen-bond acceptors (Lipinski definition) is 1. The first-order chi connectivity index (χ1) is 10.5.